The Balaban J connectivity index is 1.38. The second-order valence-corrected chi connectivity index (χ2v) is 10.2. The minimum absolute atomic E-state index is 0.0189. The topological polar surface area (TPSA) is 94.3 Å². The Morgan fingerprint density at radius 3 is 2.84 bits per heavy atom. The summed E-state index contributed by atoms with van der Waals surface area (Å²) in [6, 6.07) is 12.8. The smallest absolute Gasteiger partial charge is 0.338 e. The van der Waals surface area contributed by atoms with Gasteiger partial charge in [0, 0.05) is 23.1 Å². The van der Waals surface area contributed by atoms with Crippen LogP contribution in [0, 0.1) is 17.8 Å². The van der Waals surface area contributed by atoms with E-state index in [0.717, 1.165) is 17.7 Å². The number of carbonyl (C=O) groups is 2. The zero-order valence-corrected chi connectivity index (χ0v) is 21.1. The van der Waals surface area contributed by atoms with E-state index in [-0.39, 0.29) is 18.5 Å². The minimum atomic E-state index is -0.351. The summed E-state index contributed by atoms with van der Waals surface area (Å²) in [4.78, 5) is 29.4. The molecule has 2 bridgehead atoms. The number of nitrogens with zero attached hydrogens (tertiary/aromatic N) is 3. The molecule has 3 aliphatic rings. The van der Waals surface area contributed by atoms with Crippen LogP contribution in [-0.2, 0) is 9.53 Å². The average molecular weight is 515 g/mol. The van der Waals surface area contributed by atoms with Crippen molar-refractivity contribution in [2.45, 2.75) is 19.8 Å². The van der Waals surface area contributed by atoms with E-state index in [1.165, 1.54) is 17.8 Å². The number of rotatable bonds is 6. The third-order valence-corrected chi connectivity index (χ3v) is 7.72. The number of carbonyl (C=O) groups excluding carboxylic acids is 2. The molecule has 1 aliphatic heterocycles. The SMILES string of the molecule is CCOC(=O)c1ccc(N=c2scc(-c3ccc4c(c3)NC(=O)CO4)n2N=CC2CC3C=CC2C3)cc1. The third-order valence-electron chi connectivity index (χ3n) is 6.90. The van der Waals surface area contributed by atoms with Crippen LogP contribution in [0.5, 0.6) is 5.75 Å². The lowest BCUT2D eigenvalue weighted by Crippen LogP contribution is -2.25. The molecule has 6 rings (SSSR count). The molecule has 0 saturated heterocycles. The zero-order valence-electron chi connectivity index (χ0n) is 20.3. The summed E-state index contributed by atoms with van der Waals surface area (Å²) < 4.78 is 12.5. The van der Waals surface area contributed by atoms with E-state index in [2.05, 4.69) is 23.7 Å². The summed E-state index contributed by atoms with van der Waals surface area (Å²) in [5.41, 5.74) is 3.59. The predicted octanol–water partition coefficient (Wildman–Crippen LogP) is 5.00. The number of esters is 1. The lowest BCUT2D eigenvalue weighted by Gasteiger charge is -2.18. The molecule has 1 amide bonds. The van der Waals surface area contributed by atoms with Gasteiger partial charge in [-0.25, -0.2) is 14.5 Å². The van der Waals surface area contributed by atoms with E-state index in [9.17, 15) is 9.59 Å². The molecule has 188 valence electrons. The summed E-state index contributed by atoms with van der Waals surface area (Å²) in [6.07, 6.45) is 9.01. The Bertz CT molecular complexity index is 1480. The molecule has 2 heterocycles. The first-order valence-electron chi connectivity index (χ1n) is 12.4. The lowest BCUT2D eigenvalue weighted by atomic mass is 9.95. The second-order valence-electron chi connectivity index (χ2n) is 9.35. The summed E-state index contributed by atoms with van der Waals surface area (Å²) in [6.45, 7) is 2.13. The highest BCUT2D eigenvalue weighted by Crippen LogP contribution is 2.42. The first-order chi connectivity index (χ1) is 18.1. The first kappa shape index (κ1) is 23.4. The molecule has 9 heteroatoms. The maximum absolute atomic E-state index is 12.0. The van der Waals surface area contributed by atoms with Gasteiger partial charge in [-0.05, 0) is 74.1 Å². The number of aromatic nitrogens is 1. The molecule has 3 atom stereocenters. The molecule has 3 unspecified atom stereocenters. The first-order valence-corrected chi connectivity index (χ1v) is 13.3. The number of hydrogen-bond donors (Lipinski definition) is 1. The number of allylic oxidation sites excluding steroid dienone is 2. The van der Waals surface area contributed by atoms with Crippen LogP contribution in [0.4, 0.5) is 11.4 Å². The van der Waals surface area contributed by atoms with Crippen LogP contribution < -0.4 is 14.9 Å². The molecular formula is C28H26N4O4S. The van der Waals surface area contributed by atoms with Crippen molar-refractivity contribution in [1.82, 2.24) is 4.68 Å². The van der Waals surface area contributed by atoms with Gasteiger partial charge >= 0.3 is 5.97 Å². The molecule has 37 heavy (non-hydrogen) atoms. The molecule has 2 aromatic carbocycles. The number of anilines is 1. The maximum atomic E-state index is 12.0. The van der Waals surface area contributed by atoms with Crippen LogP contribution >= 0.6 is 11.3 Å². The highest BCUT2D eigenvalue weighted by Gasteiger charge is 2.34. The number of nitrogens with one attached hydrogen (secondary N) is 1. The second kappa shape index (κ2) is 9.82. The Hall–Kier alpha value is -3.98. The normalized spacial score (nSPS) is 22.2. The molecule has 1 saturated carbocycles. The van der Waals surface area contributed by atoms with E-state index in [1.807, 2.05) is 28.3 Å². The fourth-order valence-corrected chi connectivity index (χ4v) is 5.93. The summed E-state index contributed by atoms with van der Waals surface area (Å²) in [5.74, 6) is 1.72. The molecular weight excluding hydrogens is 488 g/mol. The molecule has 0 radical (unpaired) electrons. The van der Waals surface area contributed by atoms with Crippen molar-refractivity contribution in [2.24, 2.45) is 27.8 Å². The molecule has 3 aromatic rings. The van der Waals surface area contributed by atoms with Crippen molar-refractivity contribution in [1.29, 1.82) is 0 Å². The highest BCUT2D eigenvalue weighted by atomic mass is 32.1. The van der Waals surface area contributed by atoms with Crippen LogP contribution in [-0.4, -0.2) is 36.0 Å². The largest absolute Gasteiger partial charge is 0.482 e. The number of hydrogen-bond acceptors (Lipinski definition) is 7. The fraction of sp³-hybridized carbons (Fsp3) is 0.286. The van der Waals surface area contributed by atoms with Crippen molar-refractivity contribution in [3.63, 3.8) is 0 Å². The van der Waals surface area contributed by atoms with Gasteiger partial charge in [0.15, 0.2) is 6.61 Å². The molecule has 8 nitrogen and oxygen atoms in total. The van der Waals surface area contributed by atoms with Gasteiger partial charge in [0.2, 0.25) is 4.80 Å². The van der Waals surface area contributed by atoms with Gasteiger partial charge in [-0.2, -0.15) is 5.10 Å². The van der Waals surface area contributed by atoms with Gasteiger partial charge in [0.1, 0.15) is 5.75 Å². The molecule has 1 fully saturated rings. The number of ether oxygens (including phenoxy) is 2. The lowest BCUT2D eigenvalue weighted by molar-refractivity contribution is -0.118. The number of benzene rings is 2. The average Bonchev–Trinajstić information content (AvgIpc) is 3.64. The van der Waals surface area contributed by atoms with E-state index < -0.39 is 0 Å². The standard InChI is InChI=1S/C28H26N4O4S/c1-2-35-27(34)18-5-8-22(9-6-18)30-28-32(29-14-21-12-17-3-4-19(21)11-17)24(16-37-28)20-7-10-25-23(13-20)31-26(33)15-36-25/h3-10,13-14,16-17,19,21H,2,11-12,15H2,1H3,(H,31,33). The summed E-state index contributed by atoms with van der Waals surface area (Å²) in [5, 5.41) is 9.81. The van der Waals surface area contributed by atoms with Gasteiger partial charge in [-0.1, -0.05) is 12.2 Å². The zero-order chi connectivity index (χ0) is 25.4. The van der Waals surface area contributed by atoms with E-state index in [4.69, 9.17) is 19.6 Å². The molecule has 1 N–H and O–H groups in total. The maximum Gasteiger partial charge on any atom is 0.338 e. The van der Waals surface area contributed by atoms with Crippen molar-refractivity contribution in [2.75, 3.05) is 18.5 Å². The minimum Gasteiger partial charge on any atom is -0.482 e. The van der Waals surface area contributed by atoms with Gasteiger partial charge < -0.3 is 14.8 Å². The number of thiazole rings is 1. The van der Waals surface area contributed by atoms with Crippen molar-refractivity contribution in [3.05, 3.63) is 70.4 Å². The van der Waals surface area contributed by atoms with Crippen molar-refractivity contribution < 1.29 is 19.1 Å². The van der Waals surface area contributed by atoms with E-state index in [0.29, 0.717) is 51.8 Å². The van der Waals surface area contributed by atoms with E-state index >= 15 is 0 Å². The number of amides is 1. The Morgan fingerprint density at radius 1 is 1.22 bits per heavy atom. The fourth-order valence-electron chi connectivity index (χ4n) is 5.07. The number of fused-ring (bicyclic) bond motifs is 3. The van der Waals surface area contributed by atoms with Gasteiger partial charge in [-0.15, -0.1) is 11.3 Å². The van der Waals surface area contributed by atoms with Crippen molar-refractivity contribution in [3.8, 4) is 17.0 Å². The molecule has 0 spiro atoms. The molecule has 1 aromatic heterocycles. The van der Waals surface area contributed by atoms with Crippen LogP contribution in [0.15, 0.2) is 70.1 Å². The van der Waals surface area contributed by atoms with Gasteiger partial charge in [-0.3, -0.25) is 4.79 Å². The monoisotopic (exact) mass is 514 g/mol. The predicted molar refractivity (Wildman–Crippen MR) is 142 cm³/mol. The van der Waals surface area contributed by atoms with Gasteiger partial charge in [0.05, 0.1) is 29.2 Å². The third kappa shape index (κ3) is 4.74. The highest BCUT2D eigenvalue weighted by molar-refractivity contribution is 7.07. The Kier molecular flexibility index (Phi) is 6.21. The van der Waals surface area contributed by atoms with Crippen LogP contribution in [0.2, 0.25) is 0 Å². The Labute approximate surface area is 218 Å². The quantitative estimate of drug-likeness (QED) is 0.284. The summed E-state index contributed by atoms with van der Waals surface area (Å²) >= 11 is 1.48. The van der Waals surface area contributed by atoms with Crippen molar-refractivity contribution >= 4 is 40.8 Å². The van der Waals surface area contributed by atoms with Crippen LogP contribution in [0.3, 0.4) is 0 Å². The molecule has 2 aliphatic carbocycles. The van der Waals surface area contributed by atoms with E-state index in [1.54, 1.807) is 31.2 Å². The van der Waals surface area contributed by atoms with Crippen LogP contribution in [0.25, 0.3) is 11.3 Å². The summed E-state index contributed by atoms with van der Waals surface area (Å²) in [7, 11) is 0. The Morgan fingerprint density at radius 2 is 2.08 bits per heavy atom. The van der Waals surface area contributed by atoms with Crippen LogP contribution in [0.1, 0.15) is 30.1 Å². The van der Waals surface area contributed by atoms with Gasteiger partial charge in [0.25, 0.3) is 5.91 Å².